The van der Waals surface area contributed by atoms with Crippen molar-refractivity contribution in [3.8, 4) is 0 Å². The van der Waals surface area contributed by atoms with Crippen molar-refractivity contribution >= 4 is 28.3 Å². The van der Waals surface area contributed by atoms with Gasteiger partial charge in [-0.15, -0.1) is 0 Å². The number of nitrogens with one attached hydrogen (secondary N) is 1. The Kier molecular flexibility index (Phi) is 11.8. The van der Waals surface area contributed by atoms with Gasteiger partial charge in [0.25, 0.3) is 0 Å². The van der Waals surface area contributed by atoms with Crippen LogP contribution in [0.15, 0.2) is 91.0 Å². The molecule has 2 nitrogen and oxygen atoms in total. The molecular weight excluding hydrogens is 632 g/mol. The minimum atomic E-state index is -2.72. The number of hydrogen-bond donors (Lipinski definition) is 1. The molecule has 3 aromatic rings. The van der Waals surface area contributed by atoms with E-state index in [4.69, 9.17) is 0 Å². The Labute approximate surface area is 219 Å². The van der Waals surface area contributed by atoms with Crippen molar-refractivity contribution in [3.05, 3.63) is 102 Å². The molecule has 0 bridgehead atoms. The van der Waals surface area contributed by atoms with Crippen LogP contribution < -0.4 is 38.5 Å². The Bertz CT molecular complexity index is 993. The van der Waals surface area contributed by atoms with Gasteiger partial charge in [-0.3, -0.25) is 0 Å². The Hall–Kier alpha value is -1.46. The van der Waals surface area contributed by atoms with E-state index in [1.54, 1.807) is 0 Å². The number of unbranched alkanes of at least 4 members (excludes halogenated alkanes) is 2. The van der Waals surface area contributed by atoms with Crippen LogP contribution in [0.1, 0.15) is 47.4 Å². The van der Waals surface area contributed by atoms with Gasteiger partial charge in [-0.2, -0.15) is 0 Å². The van der Waals surface area contributed by atoms with E-state index in [9.17, 15) is 4.79 Å². The van der Waals surface area contributed by atoms with Crippen molar-refractivity contribution in [2.24, 2.45) is 0 Å². The van der Waals surface area contributed by atoms with Crippen LogP contribution in [0.5, 0.6) is 0 Å². The van der Waals surface area contributed by atoms with Crippen LogP contribution in [0.25, 0.3) is 6.08 Å². The normalized spacial score (nSPS) is 13.6. The van der Waals surface area contributed by atoms with Crippen LogP contribution in [0.4, 0.5) is 0 Å². The molecule has 0 aliphatic heterocycles. The fourth-order valence-corrected chi connectivity index (χ4v) is 33.7. The molecular formula is C27H30Cl2HfNOSi. The Morgan fingerprint density at radius 3 is 2.03 bits per heavy atom. The topological polar surface area (TPSA) is 29.1 Å². The van der Waals surface area contributed by atoms with E-state index in [1.807, 2.05) is 0 Å². The first-order chi connectivity index (χ1) is 15.3. The number of allylic oxidation sites excluding steroid dienone is 1. The molecule has 1 unspecified atom stereocenters. The molecule has 33 heavy (non-hydrogen) atoms. The van der Waals surface area contributed by atoms with Gasteiger partial charge in [0.1, 0.15) is 0 Å². The number of halogens is 2. The zero-order valence-corrected chi connectivity index (χ0v) is 25.1. The molecule has 0 aromatic heterocycles. The first-order valence-corrected chi connectivity index (χ1v) is 23.1. The first-order valence-electron chi connectivity index (χ1n) is 11.3. The van der Waals surface area contributed by atoms with Crippen LogP contribution in [-0.2, 0) is 25.7 Å². The van der Waals surface area contributed by atoms with Gasteiger partial charge in [0, 0.05) is 0 Å². The van der Waals surface area contributed by atoms with Gasteiger partial charge in [0.05, 0.1) is 0 Å². The number of carbonyl (C=O) groups excluding carboxylic acids is 1. The number of amides is 1. The quantitative estimate of drug-likeness (QED) is 0.221. The van der Waals surface area contributed by atoms with E-state index in [1.165, 1.54) is 21.5 Å². The summed E-state index contributed by atoms with van der Waals surface area (Å²) in [6.45, 7) is 2.19. The van der Waals surface area contributed by atoms with E-state index < -0.39 is 26.9 Å². The predicted molar refractivity (Wildman–Crippen MR) is 130 cm³/mol. The number of benzene rings is 3. The zero-order chi connectivity index (χ0) is 21.5. The van der Waals surface area contributed by atoms with E-state index in [-0.39, 0.29) is 30.7 Å². The van der Waals surface area contributed by atoms with Crippen molar-refractivity contribution in [2.75, 3.05) is 0 Å². The maximum Gasteiger partial charge on any atom is -1.00 e. The molecule has 4 rings (SSSR count). The van der Waals surface area contributed by atoms with Crippen LogP contribution in [-0.4, -0.2) is 11.9 Å². The van der Waals surface area contributed by atoms with E-state index in [0.717, 1.165) is 19.3 Å². The summed E-state index contributed by atoms with van der Waals surface area (Å²) in [7, 11) is 0. The standard InChI is InChI=1S/C12H11Si.C9H7.C6H13NO.2ClH.Hf/c1-3-7-11(8-4-1)13-12-9-5-2-6-10-12;1-2-5-9-7-3-6-8(9)4-1;1-2-3-4-5-6(7)8;;;/h1-10,13H;1-7H;2-5H2,1H3,(H2,7,8);2*1H;/q;;;;;+3/p-3. The fraction of sp³-hybridized carbons (Fsp3) is 0.222. The second-order valence-electron chi connectivity index (χ2n) is 8.18. The molecule has 0 radical (unpaired) electrons. The summed E-state index contributed by atoms with van der Waals surface area (Å²) in [5.41, 5.74) is 2.74. The summed E-state index contributed by atoms with van der Waals surface area (Å²) in [5, 5.41) is 2.92. The van der Waals surface area contributed by atoms with Gasteiger partial charge < -0.3 is 24.8 Å². The van der Waals surface area contributed by atoms with Crippen LogP contribution in [0.2, 0.25) is 0 Å². The molecule has 171 valence electrons. The molecule has 1 atom stereocenters. The SMILES string of the molecule is CCCCCC(=O)[NH][Hf+2]([CH]1C=Cc2ccccc21)[SiH](c1ccccc1)c1ccccc1.[Cl-].[Cl-]. The Morgan fingerprint density at radius 2 is 1.42 bits per heavy atom. The minimum Gasteiger partial charge on any atom is -1.00 e. The van der Waals surface area contributed by atoms with Gasteiger partial charge in [-0.05, 0) is 0 Å². The largest absolute Gasteiger partial charge is 1.00 e. The van der Waals surface area contributed by atoms with Crippen LogP contribution in [0.3, 0.4) is 0 Å². The summed E-state index contributed by atoms with van der Waals surface area (Å²) < 4.78 is 4.15. The molecule has 0 fully saturated rings. The van der Waals surface area contributed by atoms with Gasteiger partial charge in [0.15, 0.2) is 0 Å². The molecule has 6 heteroatoms. The monoisotopic (exact) mass is 662 g/mol. The summed E-state index contributed by atoms with van der Waals surface area (Å²) in [6.07, 6.45) is 8.58. The van der Waals surface area contributed by atoms with Crippen molar-refractivity contribution in [3.63, 3.8) is 0 Å². The predicted octanol–water partition coefficient (Wildman–Crippen LogP) is -1.47. The summed E-state index contributed by atoms with van der Waals surface area (Å²) in [4.78, 5) is 13.1. The summed E-state index contributed by atoms with van der Waals surface area (Å²) >= 11 is -2.72. The third kappa shape index (κ3) is 7.02. The van der Waals surface area contributed by atoms with Crippen molar-refractivity contribution < 1.29 is 50.5 Å². The maximum absolute atomic E-state index is 13.1. The molecule has 0 saturated heterocycles. The average molecular weight is 662 g/mol. The van der Waals surface area contributed by atoms with Crippen molar-refractivity contribution in [1.29, 1.82) is 0 Å². The van der Waals surface area contributed by atoms with Crippen molar-refractivity contribution in [2.45, 2.75) is 36.3 Å². The third-order valence-corrected chi connectivity index (χ3v) is 33.0. The van der Waals surface area contributed by atoms with Gasteiger partial charge in [0.2, 0.25) is 0 Å². The third-order valence-electron chi connectivity index (χ3n) is 6.00. The molecule has 0 spiro atoms. The summed E-state index contributed by atoms with van der Waals surface area (Å²) in [5.74, 6) is -1.27. The maximum atomic E-state index is 13.1. The molecule has 1 aliphatic carbocycles. The number of carbonyl (C=O) groups is 1. The van der Waals surface area contributed by atoms with Gasteiger partial charge in [-0.1, -0.05) is 0 Å². The Balaban J connectivity index is 0.00000193. The van der Waals surface area contributed by atoms with Crippen LogP contribution in [0, 0.1) is 0 Å². The molecule has 1 N–H and O–H groups in total. The molecule has 0 saturated carbocycles. The molecule has 1 amide bonds. The fourth-order valence-electron chi connectivity index (χ4n) is 4.45. The number of fused-ring (bicyclic) bond motifs is 1. The van der Waals surface area contributed by atoms with Crippen LogP contribution >= 0.6 is 0 Å². The van der Waals surface area contributed by atoms with Gasteiger partial charge in [-0.25, -0.2) is 0 Å². The van der Waals surface area contributed by atoms with E-state index >= 15 is 0 Å². The summed E-state index contributed by atoms with van der Waals surface area (Å²) in [6, 6.07) is 30.7. The number of rotatable bonds is 9. The first kappa shape index (κ1) is 27.8. The van der Waals surface area contributed by atoms with E-state index in [0.29, 0.717) is 10.1 Å². The average Bonchev–Trinajstić information content (AvgIpc) is 3.24. The van der Waals surface area contributed by atoms with E-state index in [2.05, 4.69) is 107 Å². The molecule has 3 aromatic carbocycles. The Morgan fingerprint density at radius 1 is 0.848 bits per heavy atom. The van der Waals surface area contributed by atoms with Gasteiger partial charge >= 0.3 is 196 Å². The van der Waals surface area contributed by atoms with Crippen molar-refractivity contribution in [1.82, 2.24) is 3.30 Å². The zero-order valence-electron chi connectivity index (χ0n) is 18.9. The second kappa shape index (κ2) is 14.1. The molecule has 1 aliphatic rings. The minimum absolute atomic E-state index is 0. The smallest absolute Gasteiger partial charge is 1.00 e. The second-order valence-corrected chi connectivity index (χ2v) is 28.1. The molecule has 0 heterocycles. The number of hydrogen-bond acceptors (Lipinski definition) is 1.